The van der Waals surface area contributed by atoms with E-state index in [0.29, 0.717) is 6.04 Å². The number of rotatable bonds is 5. The number of hydrogen-bond donors (Lipinski definition) is 2. The molecule has 1 rings (SSSR count). The van der Waals surface area contributed by atoms with Crippen molar-refractivity contribution in [2.24, 2.45) is 0 Å². The third-order valence-electron chi connectivity index (χ3n) is 2.48. The number of benzene rings is 1. The van der Waals surface area contributed by atoms with Gasteiger partial charge in [0.25, 0.3) is 0 Å². The zero-order valence-corrected chi connectivity index (χ0v) is 8.90. The summed E-state index contributed by atoms with van der Waals surface area (Å²) in [6.45, 7) is 4.41. The molecular weight excluding hydrogens is 174 g/mol. The molecule has 2 heteroatoms. The molecule has 14 heavy (non-hydrogen) atoms. The molecule has 0 aliphatic rings. The molecule has 1 aromatic carbocycles. The van der Waals surface area contributed by atoms with Crippen LogP contribution in [0.2, 0.25) is 0 Å². The molecule has 0 bridgehead atoms. The van der Waals surface area contributed by atoms with E-state index in [1.165, 1.54) is 0 Å². The van der Waals surface area contributed by atoms with Crippen LogP contribution in [0.1, 0.15) is 31.9 Å². The molecule has 0 amide bonds. The Kier molecular flexibility index (Phi) is 4.63. The average molecular weight is 193 g/mol. The second-order valence-electron chi connectivity index (χ2n) is 3.62. The highest BCUT2D eigenvalue weighted by Crippen LogP contribution is 2.12. The normalized spacial score (nSPS) is 15.1. The highest BCUT2D eigenvalue weighted by atomic mass is 16.3. The largest absolute Gasteiger partial charge is 0.394 e. The molecule has 0 aliphatic carbocycles. The third kappa shape index (κ3) is 3.13. The maximum Gasteiger partial charge on any atom is 0.0626 e. The van der Waals surface area contributed by atoms with E-state index >= 15 is 0 Å². The lowest BCUT2D eigenvalue weighted by Gasteiger charge is -2.20. The van der Waals surface area contributed by atoms with E-state index in [0.717, 1.165) is 12.0 Å². The maximum absolute atomic E-state index is 9.26. The fourth-order valence-corrected chi connectivity index (χ4v) is 1.40. The van der Waals surface area contributed by atoms with Crippen molar-refractivity contribution < 1.29 is 5.11 Å². The molecule has 0 saturated carbocycles. The summed E-state index contributed by atoms with van der Waals surface area (Å²) >= 11 is 0. The Morgan fingerprint density at radius 3 is 2.43 bits per heavy atom. The van der Waals surface area contributed by atoms with Crippen molar-refractivity contribution in [3.05, 3.63) is 35.9 Å². The van der Waals surface area contributed by atoms with Crippen LogP contribution >= 0.6 is 0 Å². The minimum atomic E-state index is 0.0612. The van der Waals surface area contributed by atoms with Crippen LogP contribution in [0, 0.1) is 0 Å². The van der Waals surface area contributed by atoms with Crippen LogP contribution in [0.15, 0.2) is 30.3 Å². The van der Waals surface area contributed by atoms with Gasteiger partial charge in [0.15, 0.2) is 0 Å². The summed E-state index contributed by atoms with van der Waals surface area (Å²) in [6.07, 6.45) is 1.07. The van der Waals surface area contributed by atoms with Gasteiger partial charge in [0.1, 0.15) is 0 Å². The fourth-order valence-electron chi connectivity index (χ4n) is 1.40. The Morgan fingerprint density at radius 1 is 1.29 bits per heavy atom. The van der Waals surface area contributed by atoms with Crippen LogP contribution in [0.4, 0.5) is 0 Å². The smallest absolute Gasteiger partial charge is 0.0626 e. The predicted octanol–water partition coefficient (Wildman–Crippen LogP) is 2.11. The quantitative estimate of drug-likeness (QED) is 0.750. The molecule has 78 valence electrons. The summed E-state index contributed by atoms with van der Waals surface area (Å²) in [5.41, 5.74) is 1.15. The molecule has 0 aromatic heterocycles. The third-order valence-corrected chi connectivity index (χ3v) is 2.48. The van der Waals surface area contributed by atoms with E-state index in [9.17, 15) is 5.11 Å². The highest BCUT2D eigenvalue weighted by Gasteiger charge is 2.11. The summed E-state index contributed by atoms with van der Waals surface area (Å²) in [6, 6.07) is 10.6. The Morgan fingerprint density at radius 2 is 1.93 bits per heavy atom. The van der Waals surface area contributed by atoms with Crippen molar-refractivity contribution in [3.8, 4) is 0 Å². The lowest BCUT2D eigenvalue weighted by atomic mass is 10.1. The van der Waals surface area contributed by atoms with E-state index < -0.39 is 0 Å². The van der Waals surface area contributed by atoms with Gasteiger partial charge in [0.2, 0.25) is 0 Å². The maximum atomic E-state index is 9.26. The minimum Gasteiger partial charge on any atom is -0.394 e. The standard InChI is InChI=1S/C12H19NO/c1-3-10(2)13-12(9-14)11-7-5-4-6-8-11/h4-8,10,12-14H,3,9H2,1-2H3/t10?,12-/m0/s1. The van der Waals surface area contributed by atoms with Crippen LogP contribution in [0.5, 0.6) is 0 Å². The molecule has 0 heterocycles. The summed E-state index contributed by atoms with van der Waals surface area (Å²) < 4.78 is 0. The predicted molar refractivity (Wildman–Crippen MR) is 59.2 cm³/mol. The van der Waals surface area contributed by atoms with E-state index in [1.54, 1.807) is 0 Å². The van der Waals surface area contributed by atoms with E-state index in [1.807, 2.05) is 30.3 Å². The van der Waals surface area contributed by atoms with Crippen LogP contribution < -0.4 is 5.32 Å². The van der Waals surface area contributed by atoms with Crippen molar-refractivity contribution in [1.29, 1.82) is 0 Å². The van der Waals surface area contributed by atoms with Crippen LogP contribution in [0.3, 0.4) is 0 Å². The van der Waals surface area contributed by atoms with Gasteiger partial charge < -0.3 is 10.4 Å². The van der Waals surface area contributed by atoms with Gasteiger partial charge >= 0.3 is 0 Å². The molecule has 0 fully saturated rings. The first-order valence-corrected chi connectivity index (χ1v) is 5.19. The summed E-state index contributed by atoms with van der Waals surface area (Å²) in [5.74, 6) is 0. The molecule has 2 N–H and O–H groups in total. The van der Waals surface area contributed by atoms with Gasteiger partial charge in [-0.1, -0.05) is 37.3 Å². The highest BCUT2D eigenvalue weighted by molar-refractivity contribution is 5.18. The SMILES string of the molecule is CCC(C)N[C@@H](CO)c1ccccc1. The fraction of sp³-hybridized carbons (Fsp3) is 0.500. The van der Waals surface area contributed by atoms with Crippen LogP contribution in [-0.2, 0) is 0 Å². The van der Waals surface area contributed by atoms with Crippen LogP contribution in [0.25, 0.3) is 0 Å². The average Bonchev–Trinajstić information content (AvgIpc) is 2.26. The number of nitrogens with one attached hydrogen (secondary N) is 1. The molecule has 2 nitrogen and oxygen atoms in total. The molecule has 0 radical (unpaired) electrons. The Labute approximate surface area is 86.0 Å². The Hall–Kier alpha value is -0.860. The zero-order chi connectivity index (χ0) is 10.4. The van der Waals surface area contributed by atoms with Gasteiger partial charge in [0.05, 0.1) is 12.6 Å². The topological polar surface area (TPSA) is 32.3 Å². The molecule has 1 aromatic rings. The van der Waals surface area contributed by atoms with Gasteiger partial charge in [-0.05, 0) is 18.9 Å². The monoisotopic (exact) mass is 193 g/mol. The van der Waals surface area contributed by atoms with Gasteiger partial charge in [-0.25, -0.2) is 0 Å². The van der Waals surface area contributed by atoms with E-state index in [2.05, 4.69) is 19.2 Å². The lowest BCUT2D eigenvalue weighted by molar-refractivity contribution is 0.234. The molecule has 0 aliphatic heterocycles. The van der Waals surface area contributed by atoms with Crippen LogP contribution in [-0.4, -0.2) is 17.8 Å². The molecular formula is C12H19NO. The number of hydrogen-bond acceptors (Lipinski definition) is 2. The summed E-state index contributed by atoms with van der Waals surface area (Å²) in [7, 11) is 0. The van der Waals surface area contributed by atoms with Gasteiger partial charge in [-0.15, -0.1) is 0 Å². The van der Waals surface area contributed by atoms with Crippen molar-refractivity contribution >= 4 is 0 Å². The second-order valence-corrected chi connectivity index (χ2v) is 3.62. The van der Waals surface area contributed by atoms with E-state index in [-0.39, 0.29) is 12.6 Å². The molecule has 0 spiro atoms. The van der Waals surface area contributed by atoms with Crippen molar-refractivity contribution in [3.63, 3.8) is 0 Å². The van der Waals surface area contributed by atoms with Gasteiger partial charge in [-0.2, -0.15) is 0 Å². The van der Waals surface area contributed by atoms with Crippen molar-refractivity contribution in [2.45, 2.75) is 32.4 Å². The van der Waals surface area contributed by atoms with Gasteiger partial charge in [-0.3, -0.25) is 0 Å². The van der Waals surface area contributed by atoms with Crippen molar-refractivity contribution in [2.75, 3.05) is 6.61 Å². The number of aliphatic hydroxyl groups excluding tert-OH is 1. The molecule has 2 atom stereocenters. The number of aliphatic hydroxyl groups is 1. The zero-order valence-electron chi connectivity index (χ0n) is 8.90. The molecule has 1 unspecified atom stereocenters. The van der Waals surface area contributed by atoms with Gasteiger partial charge in [0, 0.05) is 6.04 Å². The Balaban J connectivity index is 2.63. The summed E-state index contributed by atoms with van der Waals surface area (Å²) in [5, 5.41) is 12.6. The molecule has 0 saturated heterocycles. The minimum absolute atomic E-state index is 0.0612. The lowest BCUT2D eigenvalue weighted by Crippen LogP contribution is -2.32. The first-order chi connectivity index (χ1) is 6.77. The first-order valence-electron chi connectivity index (χ1n) is 5.19. The second kappa shape index (κ2) is 5.78. The summed E-state index contributed by atoms with van der Waals surface area (Å²) in [4.78, 5) is 0. The van der Waals surface area contributed by atoms with Crippen molar-refractivity contribution in [1.82, 2.24) is 5.32 Å². The Bertz CT molecular complexity index is 248. The first kappa shape index (κ1) is 11.2. The van der Waals surface area contributed by atoms with E-state index in [4.69, 9.17) is 0 Å².